The van der Waals surface area contributed by atoms with Crippen LogP contribution in [0.1, 0.15) is 43.6 Å². The number of halogens is 3. The molecule has 2 saturated carbocycles. The zero-order valence-electron chi connectivity index (χ0n) is 14.5. The van der Waals surface area contributed by atoms with Crippen molar-refractivity contribution in [3.63, 3.8) is 0 Å². The molecule has 2 N–H and O–H groups in total. The van der Waals surface area contributed by atoms with Gasteiger partial charge in [-0.05, 0) is 49.5 Å². The van der Waals surface area contributed by atoms with Crippen molar-refractivity contribution in [2.45, 2.75) is 50.2 Å². The summed E-state index contributed by atoms with van der Waals surface area (Å²) in [5.74, 6) is 0.767. The Morgan fingerprint density at radius 2 is 1.80 bits per heavy atom. The zero-order chi connectivity index (χ0) is 17.9. The standard InChI is InChI=1S/C19H26F3N3/c1-23-18(25-16-9-7-15(8-10-16)19(20,21)22)24-12-14-11-17(14)13-5-3-2-4-6-13/h2-6,14-17H,7-12H2,1H3,(H2,23,24,25). The second kappa shape index (κ2) is 7.67. The topological polar surface area (TPSA) is 36.4 Å². The van der Waals surface area contributed by atoms with Gasteiger partial charge in [0.05, 0.1) is 5.92 Å². The van der Waals surface area contributed by atoms with Crippen LogP contribution in [0.4, 0.5) is 13.2 Å². The molecule has 0 aliphatic heterocycles. The van der Waals surface area contributed by atoms with Gasteiger partial charge >= 0.3 is 6.18 Å². The van der Waals surface area contributed by atoms with Crippen LogP contribution in [0.3, 0.4) is 0 Å². The summed E-state index contributed by atoms with van der Waals surface area (Å²) in [5, 5.41) is 6.62. The Morgan fingerprint density at radius 3 is 2.40 bits per heavy atom. The van der Waals surface area contributed by atoms with Crippen LogP contribution >= 0.6 is 0 Å². The van der Waals surface area contributed by atoms with Crippen LogP contribution < -0.4 is 10.6 Å². The lowest BCUT2D eigenvalue weighted by molar-refractivity contribution is -0.182. The molecule has 0 saturated heterocycles. The van der Waals surface area contributed by atoms with Gasteiger partial charge in [-0.15, -0.1) is 0 Å². The normalized spacial score (nSPS) is 30.0. The molecule has 2 aliphatic carbocycles. The first-order valence-corrected chi connectivity index (χ1v) is 9.06. The number of rotatable bonds is 4. The molecule has 1 aromatic rings. The van der Waals surface area contributed by atoms with Gasteiger partial charge in [0.2, 0.25) is 0 Å². The van der Waals surface area contributed by atoms with E-state index in [-0.39, 0.29) is 18.9 Å². The van der Waals surface area contributed by atoms with Gasteiger partial charge in [-0.1, -0.05) is 30.3 Å². The van der Waals surface area contributed by atoms with E-state index in [4.69, 9.17) is 0 Å². The summed E-state index contributed by atoms with van der Waals surface area (Å²) in [4.78, 5) is 4.22. The molecular weight excluding hydrogens is 327 g/mol. The number of hydrogen-bond acceptors (Lipinski definition) is 1. The van der Waals surface area contributed by atoms with Crippen molar-refractivity contribution in [1.82, 2.24) is 10.6 Å². The molecule has 0 aromatic heterocycles. The highest BCUT2D eigenvalue weighted by atomic mass is 19.4. The average Bonchev–Trinajstić information content (AvgIpc) is 3.39. The molecule has 0 bridgehead atoms. The summed E-state index contributed by atoms with van der Waals surface area (Å²) in [6.45, 7) is 0.844. The van der Waals surface area contributed by atoms with E-state index in [1.165, 1.54) is 12.0 Å². The van der Waals surface area contributed by atoms with E-state index >= 15 is 0 Å². The average molecular weight is 353 g/mol. The van der Waals surface area contributed by atoms with Gasteiger partial charge < -0.3 is 10.6 Å². The summed E-state index contributed by atoms with van der Waals surface area (Å²) in [6, 6.07) is 10.6. The lowest BCUT2D eigenvalue weighted by Gasteiger charge is -2.31. The van der Waals surface area contributed by atoms with Crippen LogP contribution in [0.2, 0.25) is 0 Å². The number of nitrogens with one attached hydrogen (secondary N) is 2. The van der Waals surface area contributed by atoms with Gasteiger partial charge in [-0.3, -0.25) is 4.99 Å². The van der Waals surface area contributed by atoms with Crippen molar-refractivity contribution in [3.8, 4) is 0 Å². The first-order chi connectivity index (χ1) is 12.0. The first-order valence-electron chi connectivity index (χ1n) is 9.06. The fraction of sp³-hybridized carbons (Fsp3) is 0.632. The Balaban J connectivity index is 1.40. The lowest BCUT2D eigenvalue weighted by atomic mass is 9.85. The lowest BCUT2D eigenvalue weighted by Crippen LogP contribution is -2.46. The van der Waals surface area contributed by atoms with Crippen molar-refractivity contribution in [1.29, 1.82) is 0 Å². The molecule has 0 spiro atoms. The largest absolute Gasteiger partial charge is 0.391 e. The van der Waals surface area contributed by atoms with E-state index in [0.29, 0.717) is 30.6 Å². The molecule has 2 fully saturated rings. The molecule has 0 radical (unpaired) electrons. The summed E-state index contributed by atoms with van der Waals surface area (Å²) in [6.07, 6.45) is -1.39. The number of benzene rings is 1. The highest BCUT2D eigenvalue weighted by molar-refractivity contribution is 5.80. The van der Waals surface area contributed by atoms with Crippen LogP contribution in [0.25, 0.3) is 0 Å². The van der Waals surface area contributed by atoms with E-state index < -0.39 is 12.1 Å². The number of hydrogen-bond donors (Lipinski definition) is 2. The molecule has 3 nitrogen and oxygen atoms in total. The number of aliphatic imine (C=N–C) groups is 1. The second-order valence-corrected chi connectivity index (χ2v) is 7.20. The SMILES string of the molecule is CN=C(NCC1CC1c1ccccc1)NC1CCC(C(F)(F)F)CC1. The third-order valence-electron chi connectivity index (χ3n) is 5.44. The molecule has 0 heterocycles. The summed E-state index contributed by atoms with van der Waals surface area (Å²) < 4.78 is 38.2. The van der Waals surface area contributed by atoms with Crippen molar-refractivity contribution >= 4 is 5.96 Å². The summed E-state index contributed by atoms with van der Waals surface area (Å²) in [7, 11) is 1.71. The van der Waals surface area contributed by atoms with Crippen molar-refractivity contribution in [2.24, 2.45) is 16.8 Å². The Hall–Kier alpha value is -1.72. The molecule has 2 aliphatic rings. The quantitative estimate of drug-likeness (QED) is 0.632. The van der Waals surface area contributed by atoms with Gasteiger partial charge in [0, 0.05) is 19.6 Å². The Bertz CT molecular complexity index is 577. The Morgan fingerprint density at radius 1 is 1.12 bits per heavy atom. The van der Waals surface area contributed by atoms with Gasteiger partial charge in [0.1, 0.15) is 0 Å². The van der Waals surface area contributed by atoms with Crippen LogP contribution in [-0.2, 0) is 0 Å². The highest BCUT2D eigenvalue weighted by Gasteiger charge is 2.41. The maximum Gasteiger partial charge on any atom is 0.391 e. The molecule has 25 heavy (non-hydrogen) atoms. The predicted molar refractivity (Wildman–Crippen MR) is 93.6 cm³/mol. The summed E-state index contributed by atoms with van der Waals surface area (Å²) >= 11 is 0. The minimum Gasteiger partial charge on any atom is -0.356 e. The van der Waals surface area contributed by atoms with E-state index in [1.54, 1.807) is 7.05 Å². The van der Waals surface area contributed by atoms with Crippen LogP contribution in [-0.4, -0.2) is 31.8 Å². The number of guanidine groups is 1. The van der Waals surface area contributed by atoms with Gasteiger partial charge in [-0.25, -0.2) is 0 Å². The maximum absolute atomic E-state index is 12.7. The first kappa shape index (κ1) is 18.1. The Kier molecular flexibility index (Phi) is 5.54. The van der Waals surface area contributed by atoms with E-state index in [2.05, 4.69) is 39.9 Å². The van der Waals surface area contributed by atoms with Crippen molar-refractivity contribution in [2.75, 3.05) is 13.6 Å². The predicted octanol–water partition coefficient (Wildman–Crippen LogP) is 4.08. The fourth-order valence-corrected chi connectivity index (χ4v) is 3.76. The second-order valence-electron chi connectivity index (χ2n) is 7.20. The molecule has 3 rings (SSSR count). The monoisotopic (exact) mass is 353 g/mol. The zero-order valence-corrected chi connectivity index (χ0v) is 14.5. The minimum atomic E-state index is -4.05. The van der Waals surface area contributed by atoms with E-state index in [1.807, 2.05) is 6.07 Å². The van der Waals surface area contributed by atoms with Gasteiger partial charge in [0.25, 0.3) is 0 Å². The molecule has 2 unspecified atom stereocenters. The van der Waals surface area contributed by atoms with Gasteiger partial charge in [-0.2, -0.15) is 13.2 Å². The molecule has 1 aromatic carbocycles. The number of alkyl halides is 3. The Labute approximate surface area is 147 Å². The maximum atomic E-state index is 12.7. The van der Waals surface area contributed by atoms with Gasteiger partial charge in [0.15, 0.2) is 5.96 Å². The molecule has 2 atom stereocenters. The summed E-state index contributed by atoms with van der Waals surface area (Å²) in [5.41, 5.74) is 1.38. The molecular formula is C19H26F3N3. The van der Waals surface area contributed by atoms with Crippen LogP contribution in [0.5, 0.6) is 0 Å². The third kappa shape index (κ3) is 4.89. The molecule has 0 amide bonds. The highest BCUT2D eigenvalue weighted by Crippen LogP contribution is 2.46. The van der Waals surface area contributed by atoms with E-state index in [0.717, 1.165) is 6.54 Å². The van der Waals surface area contributed by atoms with Crippen LogP contribution in [0, 0.1) is 11.8 Å². The third-order valence-corrected chi connectivity index (χ3v) is 5.44. The van der Waals surface area contributed by atoms with Crippen LogP contribution in [0.15, 0.2) is 35.3 Å². The fourth-order valence-electron chi connectivity index (χ4n) is 3.76. The minimum absolute atomic E-state index is 0.0777. The van der Waals surface area contributed by atoms with E-state index in [9.17, 15) is 13.2 Å². The molecule has 138 valence electrons. The number of nitrogens with zero attached hydrogens (tertiary/aromatic N) is 1. The smallest absolute Gasteiger partial charge is 0.356 e. The molecule has 6 heteroatoms. The van der Waals surface area contributed by atoms with Crippen molar-refractivity contribution in [3.05, 3.63) is 35.9 Å². The van der Waals surface area contributed by atoms with Crippen molar-refractivity contribution < 1.29 is 13.2 Å².